The quantitative estimate of drug-likeness (QED) is 0.846. The van der Waals surface area contributed by atoms with Gasteiger partial charge in [-0.1, -0.05) is 12.1 Å². The number of carbonyl (C=O) groups excluding carboxylic acids is 1. The molecule has 26 heavy (non-hydrogen) atoms. The molecule has 6 heteroatoms. The van der Waals surface area contributed by atoms with Crippen LogP contribution in [0.25, 0.3) is 0 Å². The third-order valence-corrected chi connectivity index (χ3v) is 4.86. The van der Waals surface area contributed by atoms with E-state index in [1.165, 1.54) is 0 Å². The first-order chi connectivity index (χ1) is 12.8. The Kier molecular flexibility index (Phi) is 3.62. The zero-order valence-corrected chi connectivity index (χ0v) is 14.3. The van der Waals surface area contributed by atoms with Gasteiger partial charge in [-0.2, -0.15) is 0 Å². The number of fused-ring (bicyclic) bond motifs is 2. The van der Waals surface area contributed by atoms with Crippen LogP contribution in [-0.4, -0.2) is 36.9 Å². The number of nitrogens with zero attached hydrogens (tertiary/aromatic N) is 1. The second-order valence-electron chi connectivity index (χ2n) is 6.67. The number of carbonyl (C=O) groups is 1. The molecule has 1 saturated carbocycles. The first-order valence-electron chi connectivity index (χ1n) is 8.88. The summed E-state index contributed by atoms with van der Waals surface area (Å²) in [6.07, 6.45) is 2.06. The average molecular weight is 353 g/mol. The van der Waals surface area contributed by atoms with Crippen LogP contribution in [0.5, 0.6) is 23.0 Å². The van der Waals surface area contributed by atoms with E-state index in [1.54, 1.807) is 12.1 Å². The molecule has 0 atom stereocenters. The fraction of sp³-hybridized carbons (Fsp3) is 0.350. The Morgan fingerprint density at radius 2 is 1.81 bits per heavy atom. The van der Waals surface area contributed by atoms with Gasteiger partial charge in [0.2, 0.25) is 6.79 Å². The lowest BCUT2D eigenvalue weighted by Crippen LogP contribution is -2.32. The number of para-hydroxylation sites is 1. The van der Waals surface area contributed by atoms with Crippen LogP contribution < -0.4 is 18.9 Å². The van der Waals surface area contributed by atoms with Gasteiger partial charge in [-0.3, -0.25) is 4.79 Å². The van der Waals surface area contributed by atoms with Gasteiger partial charge in [0.15, 0.2) is 23.0 Å². The molecule has 2 heterocycles. The molecule has 0 bridgehead atoms. The molecule has 0 radical (unpaired) electrons. The van der Waals surface area contributed by atoms with Crippen molar-refractivity contribution in [3.05, 3.63) is 47.5 Å². The van der Waals surface area contributed by atoms with Crippen molar-refractivity contribution in [3.8, 4) is 23.0 Å². The Balaban J connectivity index is 1.43. The van der Waals surface area contributed by atoms with E-state index < -0.39 is 0 Å². The lowest BCUT2D eigenvalue weighted by atomic mass is 10.1. The lowest BCUT2D eigenvalue weighted by Gasteiger charge is -2.24. The molecular weight excluding hydrogens is 334 g/mol. The summed E-state index contributed by atoms with van der Waals surface area (Å²) in [4.78, 5) is 15.1. The van der Waals surface area contributed by atoms with Crippen molar-refractivity contribution < 1.29 is 23.7 Å². The fourth-order valence-electron chi connectivity index (χ4n) is 3.39. The first-order valence-corrected chi connectivity index (χ1v) is 8.88. The minimum atomic E-state index is 0.000918. The summed E-state index contributed by atoms with van der Waals surface area (Å²) in [5, 5.41) is 0. The maximum Gasteiger partial charge on any atom is 0.254 e. The molecule has 1 fully saturated rings. The van der Waals surface area contributed by atoms with Crippen molar-refractivity contribution in [3.63, 3.8) is 0 Å². The predicted molar refractivity (Wildman–Crippen MR) is 92.9 cm³/mol. The van der Waals surface area contributed by atoms with Crippen molar-refractivity contribution in [1.82, 2.24) is 4.90 Å². The van der Waals surface area contributed by atoms with Crippen LogP contribution in [0.1, 0.15) is 28.8 Å². The number of benzene rings is 2. The Morgan fingerprint density at radius 3 is 2.65 bits per heavy atom. The summed E-state index contributed by atoms with van der Waals surface area (Å²) in [7, 11) is 0. The summed E-state index contributed by atoms with van der Waals surface area (Å²) >= 11 is 0. The maximum atomic E-state index is 13.2. The van der Waals surface area contributed by atoms with Crippen LogP contribution >= 0.6 is 0 Å². The first kappa shape index (κ1) is 15.4. The van der Waals surface area contributed by atoms with Crippen molar-refractivity contribution in [1.29, 1.82) is 0 Å². The Labute approximate surface area is 151 Å². The number of hydrogen-bond acceptors (Lipinski definition) is 5. The van der Waals surface area contributed by atoms with Gasteiger partial charge in [0.05, 0.1) is 6.54 Å². The van der Waals surface area contributed by atoms with Crippen LogP contribution in [0.3, 0.4) is 0 Å². The third-order valence-electron chi connectivity index (χ3n) is 4.86. The highest BCUT2D eigenvalue weighted by atomic mass is 16.7. The summed E-state index contributed by atoms with van der Waals surface area (Å²) in [5.74, 6) is 2.81. The van der Waals surface area contributed by atoms with E-state index in [0.29, 0.717) is 36.8 Å². The van der Waals surface area contributed by atoms with Gasteiger partial charge in [0.25, 0.3) is 5.91 Å². The molecule has 0 N–H and O–H groups in total. The molecule has 2 aromatic carbocycles. The molecule has 6 nitrogen and oxygen atoms in total. The minimum Gasteiger partial charge on any atom is -0.486 e. The second-order valence-corrected chi connectivity index (χ2v) is 6.67. The SMILES string of the molecule is O=C(c1ccc2c(c1)OCCO2)N(Cc1cccc2c1OCO2)C1CC1. The van der Waals surface area contributed by atoms with Gasteiger partial charge >= 0.3 is 0 Å². The topological polar surface area (TPSA) is 57.2 Å². The molecule has 1 amide bonds. The Morgan fingerprint density at radius 1 is 0.962 bits per heavy atom. The predicted octanol–water partition coefficient (Wildman–Crippen LogP) is 2.99. The molecule has 0 aromatic heterocycles. The van der Waals surface area contributed by atoms with Crippen molar-refractivity contribution in [2.24, 2.45) is 0 Å². The molecule has 134 valence electrons. The van der Waals surface area contributed by atoms with Gasteiger partial charge < -0.3 is 23.8 Å². The van der Waals surface area contributed by atoms with E-state index >= 15 is 0 Å². The molecule has 2 aliphatic heterocycles. The van der Waals surface area contributed by atoms with E-state index in [0.717, 1.165) is 29.9 Å². The standard InChI is InChI=1S/C20H19NO5/c22-20(13-4-7-16-18(10-13)24-9-8-23-16)21(15-5-6-15)11-14-2-1-3-17-19(14)26-12-25-17/h1-4,7,10,15H,5-6,8-9,11-12H2. The van der Waals surface area contributed by atoms with Gasteiger partial charge in [0, 0.05) is 17.2 Å². The summed E-state index contributed by atoms with van der Waals surface area (Å²) in [5.41, 5.74) is 1.59. The van der Waals surface area contributed by atoms with Gasteiger partial charge in [-0.05, 0) is 37.1 Å². The van der Waals surface area contributed by atoms with E-state index in [9.17, 15) is 4.79 Å². The van der Waals surface area contributed by atoms with Gasteiger partial charge in [-0.15, -0.1) is 0 Å². The van der Waals surface area contributed by atoms with Crippen molar-refractivity contribution in [2.75, 3.05) is 20.0 Å². The third kappa shape index (κ3) is 2.71. The Bertz CT molecular complexity index is 861. The molecule has 3 aliphatic rings. The molecule has 0 saturated heterocycles. The van der Waals surface area contributed by atoms with E-state index in [-0.39, 0.29) is 18.7 Å². The highest BCUT2D eigenvalue weighted by Crippen LogP contribution is 2.39. The highest BCUT2D eigenvalue weighted by molar-refractivity contribution is 5.95. The molecule has 0 spiro atoms. The van der Waals surface area contributed by atoms with Gasteiger partial charge in [-0.25, -0.2) is 0 Å². The van der Waals surface area contributed by atoms with Crippen LogP contribution in [0.2, 0.25) is 0 Å². The van der Waals surface area contributed by atoms with Gasteiger partial charge in [0.1, 0.15) is 13.2 Å². The van der Waals surface area contributed by atoms with Crippen LogP contribution in [0.15, 0.2) is 36.4 Å². The maximum absolute atomic E-state index is 13.2. The number of ether oxygens (including phenoxy) is 4. The molecule has 1 aliphatic carbocycles. The molecular formula is C20H19NO5. The molecule has 2 aromatic rings. The van der Waals surface area contributed by atoms with Crippen molar-refractivity contribution >= 4 is 5.91 Å². The molecule has 5 rings (SSSR count). The van der Waals surface area contributed by atoms with E-state index in [4.69, 9.17) is 18.9 Å². The second kappa shape index (κ2) is 6.12. The summed E-state index contributed by atoms with van der Waals surface area (Å²) < 4.78 is 22.2. The van der Waals surface area contributed by atoms with Crippen molar-refractivity contribution in [2.45, 2.75) is 25.4 Å². The van der Waals surface area contributed by atoms with E-state index in [1.807, 2.05) is 29.2 Å². The number of hydrogen-bond donors (Lipinski definition) is 0. The largest absolute Gasteiger partial charge is 0.486 e. The summed E-state index contributed by atoms with van der Waals surface area (Å²) in [6.45, 7) is 1.77. The highest BCUT2D eigenvalue weighted by Gasteiger charge is 2.34. The zero-order chi connectivity index (χ0) is 17.5. The smallest absolute Gasteiger partial charge is 0.254 e. The monoisotopic (exact) mass is 353 g/mol. The lowest BCUT2D eigenvalue weighted by molar-refractivity contribution is 0.0727. The fourth-order valence-corrected chi connectivity index (χ4v) is 3.39. The zero-order valence-electron chi connectivity index (χ0n) is 14.3. The normalized spacial score (nSPS) is 17.1. The number of rotatable bonds is 4. The van der Waals surface area contributed by atoms with E-state index in [2.05, 4.69) is 0 Å². The number of amides is 1. The molecule has 0 unspecified atom stereocenters. The average Bonchev–Trinajstić information content (AvgIpc) is 3.41. The summed E-state index contributed by atoms with van der Waals surface area (Å²) in [6, 6.07) is 11.5. The van der Waals surface area contributed by atoms with Crippen LogP contribution in [-0.2, 0) is 6.54 Å². The minimum absolute atomic E-state index is 0.000918. The van der Waals surface area contributed by atoms with Crippen LogP contribution in [0, 0.1) is 0 Å². The Hall–Kier alpha value is -2.89. The van der Waals surface area contributed by atoms with Crippen LogP contribution in [0.4, 0.5) is 0 Å².